The number of hydrogen-bond donors (Lipinski definition) is 2. The molecule has 0 saturated carbocycles. The fraction of sp³-hybridized carbons (Fsp3) is 0.700. The number of carbonyl (C=O) groups excluding carboxylic acids is 1. The summed E-state index contributed by atoms with van der Waals surface area (Å²) in [6.07, 6.45) is 6.55. The summed E-state index contributed by atoms with van der Waals surface area (Å²) in [6.45, 7) is 4.49. The van der Waals surface area contributed by atoms with E-state index in [-0.39, 0.29) is 12.0 Å². The van der Waals surface area contributed by atoms with Crippen molar-refractivity contribution in [2.75, 3.05) is 13.2 Å². The predicted octanol–water partition coefficient (Wildman–Crippen LogP) is 0.534. The largest absolute Gasteiger partial charge is 0.396 e. The summed E-state index contributed by atoms with van der Waals surface area (Å²) in [6, 6.07) is 0. The molecule has 0 spiro atoms. The van der Waals surface area contributed by atoms with Crippen LogP contribution in [0.3, 0.4) is 0 Å². The number of nitrogens with one attached hydrogen (secondary N) is 1. The standard InChI is InChI=1S/C10H17NO2/c1-4-9(13)11-7-10(5-2,6-3)8-12/h1,12H,5-8H2,2-3H3,(H,11,13). The highest BCUT2D eigenvalue weighted by molar-refractivity contribution is 5.92. The Morgan fingerprint density at radius 3 is 2.38 bits per heavy atom. The van der Waals surface area contributed by atoms with Gasteiger partial charge in [0.15, 0.2) is 0 Å². The van der Waals surface area contributed by atoms with E-state index in [4.69, 9.17) is 11.5 Å². The minimum absolute atomic E-state index is 0.0743. The van der Waals surface area contributed by atoms with E-state index in [1.54, 1.807) is 0 Å². The van der Waals surface area contributed by atoms with Crippen molar-refractivity contribution in [1.29, 1.82) is 0 Å². The number of carbonyl (C=O) groups is 1. The average molecular weight is 183 g/mol. The first-order chi connectivity index (χ1) is 6.14. The fourth-order valence-corrected chi connectivity index (χ4v) is 1.10. The van der Waals surface area contributed by atoms with E-state index in [1.165, 1.54) is 0 Å². The van der Waals surface area contributed by atoms with Gasteiger partial charge in [-0.15, -0.1) is 6.42 Å². The third-order valence-corrected chi connectivity index (χ3v) is 2.59. The van der Waals surface area contributed by atoms with Crippen molar-refractivity contribution in [2.45, 2.75) is 26.7 Å². The molecule has 0 bridgehead atoms. The van der Waals surface area contributed by atoms with E-state index in [0.717, 1.165) is 12.8 Å². The van der Waals surface area contributed by atoms with Crippen LogP contribution < -0.4 is 5.32 Å². The van der Waals surface area contributed by atoms with Gasteiger partial charge in [-0.05, 0) is 18.8 Å². The maximum absolute atomic E-state index is 10.8. The molecule has 0 aliphatic carbocycles. The van der Waals surface area contributed by atoms with Gasteiger partial charge in [-0.1, -0.05) is 13.8 Å². The molecular formula is C10H17NO2. The van der Waals surface area contributed by atoms with E-state index >= 15 is 0 Å². The van der Waals surface area contributed by atoms with Gasteiger partial charge in [0.1, 0.15) is 0 Å². The summed E-state index contributed by atoms with van der Waals surface area (Å²) >= 11 is 0. The lowest BCUT2D eigenvalue weighted by Crippen LogP contribution is -2.38. The van der Waals surface area contributed by atoms with E-state index in [2.05, 4.69) is 5.32 Å². The molecule has 0 aliphatic rings. The predicted molar refractivity (Wildman–Crippen MR) is 51.9 cm³/mol. The first kappa shape index (κ1) is 12.0. The summed E-state index contributed by atoms with van der Waals surface area (Å²) in [5.74, 6) is 1.56. The van der Waals surface area contributed by atoms with E-state index in [0.29, 0.717) is 6.54 Å². The van der Waals surface area contributed by atoms with Gasteiger partial charge in [-0.3, -0.25) is 4.79 Å². The molecule has 0 aromatic heterocycles. The SMILES string of the molecule is C#CC(=O)NCC(CC)(CC)CO. The van der Waals surface area contributed by atoms with Crippen LogP contribution >= 0.6 is 0 Å². The molecule has 0 aromatic rings. The highest BCUT2D eigenvalue weighted by Crippen LogP contribution is 2.24. The molecule has 0 aliphatic heterocycles. The fourth-order valence-electron chi connectivity index (χ4n) is 1.10. The molecule has 0 saturated heterocycles. The van der Waals surface area contributed by atoms with Crippen molar-refractivity contribution >= 4 is 5.91 Å². The molecule has 1 amide bonds. The Balaban J connectivity index is 4.12. The molecule has 74 valence electrons. The molecule has 0 rings (SSSR count). The van der Waals surface area contributed by atoms with Crippen LogP contribution in [0.15, 0.2) is 0 Å². The quantitative estimate of drug-likeness (QED) is 0.611. The van der Waals surface area contributed by atoms with Crippen LogP contribution in [0.5, 0.6) is 0 Å². The molecule has 0 atom stereocenters. The number of terminal acetylenes is 1. The minimum Gasteiger partial charge on any atom is -0.396 e. The monoisotopic (exact) mass is 183 g/mol. The summed E-state index contributed by atoms with van der Waals surface area (Å²) in [4.78, 5) is 10.8. The number of hydrogen-bond acceptors (Lipinski definition) is 2. The van der Waals surface area contributed by atoms with Crippen molar-refractivity contribution in [3.05, 3.63) is 0 Å². The molecule has 0 fully saturated rings. The van der Waals surface area contributed by atoms with Gasteiger partial charge in [0, 0.05) is 12.0 Å². The molecule has 2 N–H and O–H groups in total. The number of aliphatic hydroxyl groups is 1. The van der Waals surface area contributed by atoms with Gasteiger partial charge in [0.05, 0.1) is 6.61 Å². The van der Waals surface area contributed by atoms with Crippen molar-refractivity contribution in [3.8, 4) is 12.3 Å². The molecule has 0 unspecified atom stereocenters. The molecule has 0 heterocycles. The summed E-state index contributed by atoms with van der Waals surface area (Å²) in [5.41, 5.74) is -0.216. The van der Waals surface area contributed by atoms with Crippen LogP contribution in [-0.4, -0.2) is 24.2 Å². The van der Waals surface area contributed by atoms with Gasteiger partial charge in [-0.2, -0.15) is 0 Å². The van der Waals surface area contributed by atoms with E-state index in [1.807, 2.05) is 19.8 Å². The van der Waals surface area contributed by atoms with Gasteiger partial charge >= 0.3 is 0 Å². The lowest BCUT2D eigenvalue weighted by Gasteiger charge is -2.28. The number of amides is 1. The average Bonchev–Trinajstić information content (AvgIpc) is 2.20. The Labute approximate surface area is 79.5 Å². The maximum atomic E-state index is 10.8. The normalized spacial score (nSPS) is 10.6. The Morgan fingerprint density at radius 1 is 1.54 bits per heavy atom. The summed E-state index contributed by atoms with van der Waals surface area (Å²) in [7, 11) is 0. The van der Waals surface area contributed by atoms with Gasteiger partial charge in [0.25, 0.3) is 5.91 Å². The maximum Gasteiger partial charge on any atom is 0.295 e. The van der Waals surface area contributed by atoms with Crippen LogP contribution in [0.2, 0.25) is 0 Å². The zero-order valence-corrected chi connectivity index (χ0v) is 8.26. The van der Waals surface area contributed by atoms with Crippen LogP contribution in [0.1, 0.15) is 26.7 Å². The second-order valence-electron chi connectivity index (χ2n) is 3.19. The second-order valence-corrected chi connectivity index (χ2v) is 3.19. The van der Waals surface area contributed by atoms with Gasteiger partial charge < -0.3 is 10.4 Å². The molecular weight excluding hydrogens is 166 g/mol. The van der Waals surface area contributed by atoms with Crippen LogP contribution in [-0.2, 0) is 4.79 Å². The lowest BCUT2D eigenvalue weighted by atomic mass is 9.83. The van der Waals surface area contributed by atoms with Crippen LogP contribution in [0.4, 0.5) is 0 Å². The van der Waals surface area contributed by atoms with Crippen molar-refractivity contribution in [1.82, 2.24) is 5.32 Å². The Kier molecular flexibility index (Phi) is 5.17. The molecule has 3 heteroatoms. The highest BCUT2D eigenvalue weighted by Gasteiger charge is 2.25. The smallest absolute Gasteiger partial charge is 0.295 e. The lowest BCUT2D eigenvalue weighted by molar-refractivity contribution is -0.116. The van der Waals surface area contributed by atoms with Gasteiger partial charge in [-0.25, -0.2) is 0 Å². The van der Waals surface area contributed by atoms with E-state index < -0.39 is 5.91 Å². The van der Waals surface area contributed by atoms with Crippen LogP contribution in [0.25, 0.3) is 0 Å². The third-order valence-electron chi connectivity index (χ3n) is 2.59. The molecule has 3 nitrogen and oxygen atoms in total. The molecule has 0 radical (unpaired) electrons. The molecule has 0 aromatic carbocycles. The van der Waals surface area contributed by atoms with Crippen molar-refractivity contribution in [2.24, 2.45) is 5.41 Å². The summed E-state index contributed by atoms with van der Waals surface area (Å²) < 4.78 is 0. The minimum atomic E-state index is -0.417. The Morgan fingerprint density at radius 2 is 2.08 bits per heavy atom. The number of aliphatic hydroxyl groups excluding tert-OH is 1. The third kappa shape index (κ3) is 3.47. The highest BCUT2D eigenvalue weighted by atomic mass is 16.3. The first-order valence-electron chi connectivity index (χ1n) is 4.49. The Hall–Kier alpha value is -1.01. The zero-order valence-electron chi connectivity index (χ0n) is 8.26. The summed E-state index contributed by atoms with van der Waals surface area (Å²) in [5, 5.41) is 11.8. The molecule has 13 heavy (non-hydrogen) atoms. The number of rotatable bonds is 5. The van der Waals surface area contributed by atoms with Crippen molar-refractivity contribution < 1.29 is 9.90 Å². The van der Waals surface area contributed by atoms with Gasteiger partial charge in [0.2, 0.25) is 0 Å². The van der Waals surface area contributed by atoms with E-state index in [9.17, 15) is 4.79 Å². The van der Waals surface area contributed by atoms with Crippen LogP contribution in [0, 0.1) is 17.8 Å². The first-order valence-corrected chi connectivity index (χ1v) is 4.49. The van der Waals surface area contributed by atoms with Crippen molar-refractivity contribution in [3.63, 3.8) is 0 Å². The second kappa shape index (κ2) is 5.60. The zero-order chi connectivity index (χ0) is 10.3. The topological polar surface area (TPSA) is 49.3 Å². The Bertz CT molecular complexity index is 193.